The number of hydrogen-bond donors (Lipinski definition) is 1. The van der Waals surface area contributed by atoms with Gasteiger partial charge in [0.1, 0.15) is 0 Å². The van der Waals surface area contributed by atoms with Crippen molar-refractivity contribution in [2.24, 2.45) is 0 Å². The Balaban J connectivity index is 2.49. The summed E-state index contributed by atoms with van der Waals surface area (Å²) in [6.07, 6.45) is 1.66. The summed E-state index contributed by atoms with van der Waals surface area (Å²) in [5.74, 6) is -0.0360. The van der Waals surface area contributed by atoms with Crippen molar-refractivity contribution in [2.75, 3.05) is 6.54 Å². The molecule has 1 aromatic rings. The van der Waals surface area contributed by atoms with Crippen LogP contribution in [0.25, 0.3) is 0 Å². The average molecular weight is 167 g/mol. The third kappa shape index (κ3) is 2.20. The first-order valence-corrected chi connectivity index (χ1v) is 4.20. The minimum Gasteiger partial charge on any atom is -0.349 e. The molecule has 0 aromatic carbocycles. The van der Waals surface area contributed by atoms with E-state index in [9.17, 15) is 4.79 Å². The van der Waals surface area contributed by atoms with Crippen LogP contribution in [0, 0.1) is 0 Å². The minimum atomic E-state index is -0.0360. The van der Waals surface area contributed by atoms with Gasteiger partial charge in [-0.05, 0) is 11.4 Å². The average Bonchev–Trinajstić information content (AvgIpc) is 2.52. The maximum Gasteiger partial charge on any atom is 0.252 e. The van der Waals surface area contributed by atoms with Crippen molar-refractivity contribution in [3.05, 3.63) is 35.0 Å². The van der Waals surface area contributed by atoms with Gasteiger partial charge >= 0.3 is 0 Å². The van der Waals surface area contributed by atoms with Crippen molar-refractivity contribution in [3.63, 3.8) is 0 Å². The number of hydrogen-bond acceptors (Lipinski definition) is 2. The number of carbonyl (C=O) groups is 1. The van der Waals surface area contributed by atoms with Crippen molar-refractivity contribution < 1.29 is 4.79 Å². The Bertz CT molecular complexity index is 241. The highest BCUT2D eigenvalue weighted by Crippen LogP contribution is 2.04. The fourth-order valence-corrected chi connectivity index (χ4v) is 1.30. The van der Waals surface area contributed by atoms with Crippen molar-refractivity contribution in [1.82, 2.24) is 5.32 Å². The Morgan fingerprint density at radius 2 is 2.64 bits per heavy atom. The summed E-state index contributed by atoms with van der Waals surface area (Å²) in [6.45, 7) is 4.02. The molecule has 0 spiro atoms. The zero-order valence-electron chi connectivity index (χ0n) is 6.04. The van der Waals surface area contributed by atoms with E-state index in [0.29, 0.717) is 6.54 Å². The molecule has 0 aliphatic rings. The zero-order valence-corrected chi connectivity index (χ0v) is 6.86. The van der Waals surface area contributed by atoms with Gasteiger partial charge in [0.15, 0.2) is 0 Å². The monoisotopic (exact) mass is 167 g/mol. The van der Waals surface area contributed by atoms with E-state index in [2.05, 4.69) is 11.9 Å². The topological polar surface area (TPSA) is 29.1 Å². The second kappa shape index (κ2) is 3.93. The third-order valence-corrected chi connectivity index (χ3v) is 1.87. The molecule has 1 aromatic heterocycles. The molecule has 1 amide bonds. The molecule has 1 N–H and O–H groups in total. The number of nitrogens with one attached hydrogen (secondary N) is 1. The molecule has 2 nitrogen and oxygen atoms in total. The van der Waals surface area contributed by atoms with E-state index in [4.69, 9.17) is 0 Å². The molecular formula is C8H9NOS. The van der Waals surface area contributed by atoms with E-state index in [-0.39, 0.29) is 5.91 Å². The third-order valence-electron chi connectivity index (χ3n) is 1.19. The maximum absolute atomic E-state index is 11.1. The minimum absolute atomic E-state index is 0.0360. The predicted octanol–water partition coefficient (Wildman–Crippen LogP) is 1.66. The van der Waals surface area contributed by atoms with Crippen LogP contribution >= 0.6 is 11.3 Å². The highest BCUT2D eigenvalue weighted by Gasteiger charge is 2.01. The largest absolute Gasteiger partial charge is 0.349 e. The van der Waals surface area contributed by atoms with Gasteiger partial charge in [0, 0.05) is 17.5 Å². The molecule has 58 valence electrons. The zero-order chi connectivity index (χ0) is 8.10. The molecule has 1 heterocycles. The van der Waals surface area contributed by atoms with Crippen LogP contribution in [0.4, 0.5) is 0 Å². The first kappa shape index (κ1) is 8.01. The van der Waals surface area contributed by atoms with Crippen molar-refractivity contribution >= 4 is 17.2 Å². The van der Waals surface area contributed by atoms with E-state index >= 15 is 0 Å². The maximum atomic E-state index is 11.1. The highest BCUT2D eigenvalue weighted by molar-refractivity contribution is 7.08. The van der Waals surface area contributed by atoms with Gasteiger partial charge < -0.3 is 5.32 Å². The molecule has 11 heavy (non-hydrogen) atoms. The van der Waals surface area contributed by atoms with Crippen LogP contribution < -0.4 is 5.32 Å². The SMILES string of the molecule is C=CCNC(=O)c1ccsc1. The Labute approximate surface area is 69.6 Å². The fourth-order valence-electron chi connectivity index (χ4n) is 0.661. The number of rotatable bonds is 3. The van der Waals surface area contributed by atoms with Crippen LogP contribution in [-0.4, -0.2) is 12.5 Å². The molecule has 1 rings (SSSR count). The number of thiophene rings is 1. The standard InChI is InChI=1S/C8H9NOS/c1-2-4-9-8(10)7-3-5-11-6-7/h2-3,5-6H,1,4H2,(H,9,10). The van der Waals surface area contributed by atoms with Gasteiger partial charge in [-0.1, -0.05) is 6.08 Å². The summed E-state index contributed by atoms with van der Waals surface area (Å²) in [6, 6.07) is 1.79. The second-order valence-electron chi connectivity index (χ2n) is 2.01. The lowest BCUT2D eigenvalue weighted by Gasteiger charge is -1.97. The van der Waals surface area contributed by atoms with Crippen LogP contribution in [0.15, 0.2) is 29.5 Å². The van der Waals surface area contributed by atoms with Gasteiger partial charge in [-0.2, -0.15) is 11.3 Å². The van der Waals surface area contributed by atoms with Gasteiger partial charge in [-0.15, -0.1) is 6.58 Å². The molecule has 0 fully saturated rings. The van der Waals surface area contributed by atoms with Gasteiger partial charge in [0.05, 0.1) is 0 Å². The van der Waals surface area contributed by atoms with Crippen molar-refractivity contribution in [1.29, 1.82) is 0 Å². The lowest BCUT2D eigenvalue weighted by atomic mass is 10.3. The summed E-state index contributed by atoms with van der Waals surface area (Å²) in [5, 5.41) is 6.38. The lowest BCUT2D eigenvalue weighted by molar-refractivity contribution is 0.0958. The Hall–Kier alpha value is -1.09. The highest BCUT2D eigenvalue weighted by atomic mass is 32.1. The van der Waals surface area contributed by atoms with Crippen LogP contribution in [-0.2, 0) is 0 Å². The summed E-state index contributed by atoms with van der Waals surface area (Å²) in [4.78, 5) is 11.1. The van der Waals surface area contributed by atoms with E-state index in [0.717, 1.165) is 5.56 Å². The van der Waals surface area contributed by atoms with Gasteiger partial charge in [0.2, 0.25) is 0 Å². The first-order chi connectivity index (χ1) is 5.34. The van der Waals surface area contributed by atoms with Crippen molar-refractivity contribution in [2.45, 2.75) is 0 Å². The molecule has 0 aliphatic heterocycles. The molecule has 0 atom stereocenters. The van der Waals surface area contributed by atoms with E-state index in [1.165, 1.54) is 11.3 Å². The second-order valence-corrected chi connectivity index (χ2v) is 2.79. The first-order valence-electron chi connectivity index (χ1n) is 3.26. The van der Waals surface area contributed by atoms with Crippen LogP contribution in [0.3, 0.4) is 0 Å². The number of carbonyl (C=O) groups excluding carboxylic acids is 1. The molecule has 0 saturated heterocycles. The summed E-state index contributed by atoms with van der Waals surface area (Å²) < 4.78 is 0. The van der Waals surface area contributed by atoms with E-state index in [1.807, 2.05) is 10.8 Å². The Kier molecular flexibility index (Phi) is 2.86. The molecule has 3 heteroatoms. The smallest absolute Gasteiger partial charge is 0.252 e. The van der Waals surface area contributed by atoms with Gasteiger partial charge in [-0.25, -0.2) is 0 Å². The quantitative estimate of drug-likeness (QED) is 0.681. The molecule has 0 aliphatic carbocycles. The molecule has 0 bridgehead atoms. The molecule has 0 unspecified atom stereocenters. The normalized spacial score (nSPS) is 9.09. The lowest BCUT2D eigenvalue weighted by Crippen LogP contribution is -2.22. The predicted molar refractivity (Wildman–Crippen MR) is 46.8 cm³/mol. The van der Waals surface area contributed by atoms with Gasteiger partial charge in [0.25, 0.3) is 5.91 Å². The molecule has 0 radical (unpaired) electrons. The van der Waals surface area contributed by atoms with E-state index in [1.54, 1.807) is 12.1 Å². The van der Waals surface area contributed by atoms with E-state index < -0.39 is 0 Å². The Morgan fingerprint density at radius 1 is 1.82 bits per heavy atom. The van der Waals surface area contributed by atoms with Gasteiger partial charge in [-0.3, -0.25) is 4.79 Å². The molecule has 0 saturated carbocycles. The van der Waals surface area contributed by atoms with Crippen molar-refractivity contribution in [3.8, 4) is 0 Å². The summed E-state index contributed by atoms with van der Waals surface area (Å²) in [7, 11) is 0. The summed E-state index contributed by atoms with van der Waals surface area (Å²) in [5.41, 5.74) is 0.719. The fraction of sp³-hybridized carbons (Fsp3) is 0.125. The van der Waals surface area contributed by atoms with Crippen LogP contribution in [0.2, 0.25) is 0 Å². The number of amides is 1. The Morgan fingerprint density at radius 3 is 3.18 bits per heavy atom. The molecular weight excluding hydrogens is 158 g/mol. The van der Waals surface area contributed by atoms with Crippen LogP contribution in [0.5, 0.6) is 0 Å². The van der Waals surface area contributed by atoms with Crippen LogP contribution in [0.1, 0.15) is 10.4 Å². The summed E-state index contributed by atoms with van der Waals surface area (Å²) >= 11 is 1.51.